The lowest BCUT2D eigenvalue weighted by Crippen LogP contribution is -2.44. The number of aliphatic carboxylic acids is 1. The normalized spacial score (nSPS) is 12.3. The molecule has 1 heterocycles. The molecule has 4 aromatic rings. The van der Waals surface area contributed by atoms with Crippen molar-refractivity contribution >= 4 is 38.6 Å². The molecule has 0 spiro atoms. The summed E-state index contributed by atoms with van der Waals surface area (Å²) < 4.78 is 33.6. The fraction of sp³-hybridized carbons (Fsp3) is 0.250. The van der Waals surface area contributed by atoms with Crippen LogP contribution in [0.3, 0.4) is 0 Å². The summed E-state index contributed by atoms with van der Waals surface area (Å²) >= 11 is 0. The van der Waals surface area contributed by atoms with E-state index in [-0.39, 0.29) is 16.6 Å². The van der Waals surface area contributed by atoms with E-state index in [1.165, 1.54) is 12.1 Å². The Bertz CT molecular complexity index is 1780. The SMILES string of the molecule is Cc1c(C(=O)Nc2ccc(-c3ccc(S(=O)(=O)NC(C(=O)O)C(C)C)cc3)cc2)oc2cccc(C#CCN(C)C)c12. The third kappa shape index (κ3) is 6.89. The molecular weight excluding hydrogens is 554 g/mol. The van der Waals surface area contributed by atoms with Crippen LogP contribution < -0.4 is 10.0 Å². The average molecular weight is 588 g/mol. The van der Waals surface area contributed by atoms with Crippen molar-refractivity contribution in [3.8, 4) is 23.0 Å². The molecule has 0 aliphatic heterocycles. The topological polar surface area (TPSA) is 129 Å². The predicted octanol–water partition coefficient (Wildman–Crippen LogP) is 4.96. The number of carbonyl (C=O) groups excluding carboxylic acids is 1. The van der Waals surface area contributed by atoms with Gasteiger partial charge in [-0.05, 0) is 74.5 Å². The lowest BCUT2D eigenvalue weighted by Gasteiger charge is -2.18. The van der Waals surface area contributed by atoms with Gasteiger partial charge in [-0.25, -0.2) is 8.42 Å². The molecule has 0 aliphatic carbocycles. The molecule has 1 amide bonds. The zero-order chi connectivity index (χ0) is 30.6. The smallest absolute Gasteiger partial charge is 0.322 e. The highest BCUT2D eigenvalue weighted by Gasteiger charge is 2.28. The molecule has 0 bridgehead atoms. The van der Waals surface area contributed by atoms with Crippen LogP contribution in [0.5, 0.6) is 0 Å². The first-order valence-corrected chi connectivity index (χ1v) is 14.8. The first-order valence-electron chi connectivity index (χ1n) is 13.3. The summed E-state index contributed by atoms with van der Waals surface area (Å²) in [5.41, 5.74) is 4.22. The summed E-state index contributed by atoms with van der Waals surface area (Å²) in [6, 6.07) is 17.6. The Kier molecular flexibility index (Phi) is 9.17. The summed E-state index contributed by atoms with van der Waals surface area (Å²) in [6.07, 6.45) is 0. The molecule has 0 saturated heterocycles. The van der Waals surface area contributed by atoms with E-state index in [4.69, 9.17) is 4.42 Å². The molecule has 4 rings (SSSR count). The van der Waals surface area contributed by atoms with Gasteiger partial charge in [0.15, 0.2) is 5.76 Å². The maximum Gasteiger partial charge on any atom is 0.322 e. The minimum atomic E-state index is -4.02. The second kappa shape index (κ2) is 12.6. The van der Waals surface area contributed by atoms with Gasteiger partial charge in [-0.3, -0.25) is 14.5 Å². The second-order valence-corrected chi connectivity index (χ2v) is 12.2. The number of hydrogen-bond donors (Lipinski definition) is 3. The third-order valence-corrected chi connectivity index (χ3v) is 8.09. The van der Waals surface area contributed by atoms with Crippen molar-refractivity contribution in [2.24, 2.45) is 5.92 Å². The first-order chi connectivity index (χ1) is 19.9. The van der Waals surface area contributed by atoms with Crippen molar-refractivity contribution in [2.75, 3.05) is 26.0 Å². The Morgan fingerprint density at radius 1 is 0.976 bits per heavy atom. The number of furan rings is 1. The van der Waals surface area contributed by atoms with Gasteiger partial charge in [-0.15, -0.1) is 0 Å². The highest BCUT2D eigenvalue weighted by atomic mass is 32.2. The maximum absolute atomic E-state index is 13.1. The number of fused-ring (bicyclic) bond motifs is 1. The number of hydrogen-bond acceptors (Lipinski definition) is 6. The Morgan fingerprint density at radius 2 is 1.60 bits per heavy atom. The Morgan fingerprint density at radius 3 is 2.17 bits per heavy atom. The fourth-order valence-electron chi connectivity index (χ4n) is 4.38. The van der Waals surface area contributed by atoms with Crippen LogP contribution in [-0.4, -0.2) is 57.0 Å². The summed E-state index contributed by atoms with van der Waals surface area (Å²) in [6.45, 7) is 5.72. The van der Waals surface area contributed by atoms with E-state index >= 15 is 0 Å². The van der Waals surface area contributed by atoms with E-state index in [2.05, 4.69) is 21.9 Å². The van der Waals surface area contributed by atoms with Gasteiger partial charge >= 0.3 is 5.97 Å². The molecular formula is C32H33N3O6S. The van der Waals surface area contributed by atoms with E-state index in [1.54, 1.807) is 50.2 Å². The minimum Gasteiger partial charge on any atom is -0.480 e. The van der Waals surface area contributed by atoms with E-state index in [9.17, 15) is 23.1 Å². The van der Waals surface area contributed by atoms with Crippen LogP contribution in [-0.2, 0) is 14.8 Å². The Labute approximate surface area is 245 Å². The number of amides is 1. The monoisotopic (exact) mass is 587 g/mol. The van der Waals surface area contributed by atoms with Gasteiger partial charge in [-0.1, -0.05) is 56.0 Å². The Hall–Kier alpha value is -4.43. The predicted molar refractivity (Wildman–Crippen MR) is 163 cm³/mol. The molecule has 42 heavy (non-hydrogen) atoms. The van der Waals surface area contributed by atoms with Crippen LogP contribution in [0.25, 0.3) is 22.1 Å². The molecule has 0 saturated carbocycles. The van der Waals surface area contributed by atoms with Gasteiger partial charge in [0, 0.05) is 22.2 Å². The van der Waals surface area contributed by atoms with Crippen LogP contribution in [0.2, 0.25) is 0 Å². The molecule has 1 atom stereocenters. The number of carbonyl (C=O) groups is 2. The number of benzene rings is 3. The first kappa shape index (κ1) is 30.5. The van der Waals surface area contributed by atoms with Crippen LogP contribution in [0, 0.1) is 24.7 Å². The molecule has 3 N–H and O–H groups in total. The van der Waals surface area contributed by atoms with Crippen LogP contribution in [0.4, 0.5) is 5.69 Å². The number of aryl methyl sites for hydroxylation is 1. The quantitative estimate of drug-likeness (QED) is 0.236. The van der Waals surface area contributed by atoms with Crippen molar-refractivity contribution in [3.63, 3.8) is 0 Å². The molecule has 0 aliphatic rings. The highest BCUT2D eigenvalue weighted by Crippen LogP contribution is 2.29. The number of carboxylic acid groups (broad SMARTS) is 1. The summed E-state index contributed by atoms with van der Waals surface area (Å²) in [5, 5.41) is 13.0. The van der Waals surface area contributed by atoms with Gasteiger partial charge in [0.2, 0.25) is 10.0 Å². The maximum atomic E-state index is 13.1. The standard InChI is InChI=1S/C32H33N3O6S/c1-20(2)29(32(37)38)34-42(39,40)26-17-13-23(14-18-26)22-11-15-25(16-12-22)33-31(36)30-21(3)28-24(9-7-19-35(4)5)8-6-10-27(28)41-30/h6,8,10-18,20,29,34H,19H2,1-5H3,(H,33,36)(H,37,38). The molecule has 3 aromatic carbocycles. The molecule has 218 valence electrons. The largest absolute Gasteiger partial charge is 0.480 e. The van der Waals surface area contributed by atoms with Gasteiger partial charge < -0.3 is 14.8 Å². The summed E-state index contributed by atoms with van der Waals surface area (Å²) in [4.78, 5) is 26.5. The number of carboxylic acids is 1. The van der Waals surface area contributed by atoms with Gasteiger partial charge in [-0.2, -0.15) is 4.72 Å². The number of nitrogens with one attached hydrogen (secondary N) is 2. The molecule has 1 aromatic heterocycles. The third-order valence-electron chi connectivity index (χ3n) is 6.63. The number of nitrogens with zero attached hydrogens (tertiary/aromatic N) is 1. The van der Waals surface area contributed by atoms with Gasteiger partial charge in [0.1, 0.15) is 11.6 Å². The molecule has 1 unspecified atom stereocenters. The van der Waals surface area contributed by atoms with Crippen LogP contribution in [0.15, 0.2) is 76.0 Å². The molecule has 9 nitrogen and oxygen atoms in total. The van der Waals surface area contributed by atoms with E-state index in [0.29, 0.717) is 23.4 Å². The van der Waals surface area contributed by atoms with Crippen LogP contribution in [0.1, 0.15) is 35.5 Å². The summed E-state index contributed by atoms with van der Waals surface area (Å²) in [7, 11) is -0.122. The van der Waals surface area contributed by atoms with Crippen molar-refractivity contribution in [3.05, 3.63) is 83.6 Å². The van der Waals surface area contributed by atoms with Crippen LogP contribution >= 0.6 is 0 Å². The molecule has 0 radical (unpaired) electrons. The van der Waals surface area contributed by atoms with E-state index in [0.717, 1.165) is 22.1 Å². The fourth-order valence-corrected chi connectivity index (χ4v) is 5.72. The lowest BCUT2D eigenvalue weighted by molar-refractivity contribution is -0.140. The average Bonchev–Trinajstić information content (AvgIpc) is 3.29. The van der Waals surface area contributed by atoms with Gasteiger partial charge in [0.05, 0.1) is 11.4 Å². The van der Waals surface area contributed by atoms with E-state index < -0.39 is 28.0 Å². The summed E-state index contributed by atoms with van der Waals surface area (Å²) in [5.74, 6) is 4.47. The number of rotatable bonds is 9. The molecule has 10 heteroatoms. The lowest BCUT2D eigenvalue weighted by atomic mass is 10.0. The van der Waals surface area contributed by atoms with Crippen molar-refractivity contribution in [1.82, 2.24) is 9.62 Å². The minimum absolute atomic E-state index is 0.0323. The molecule has 0 fully saturated rings. The number of anilines is 1. The van der Waals surface area contributed by atoms with Crippen molar-refractivity contribution in [2.45, 2.75) is 31.7 Å². The Balaban J connectivity index is 1.48. The van der Waals surface area contributed by atoms with E-state index in [1.807, 2.05) is 44.1 Å². The zero-order valence-electron chi connectivity index (χ0n) is 24.1. The van der Waals surface area contributed by atoms with Crippen molar-refractivity contribution < 1.29 is 27.5 Å². The van der Waals surface area contributed by atoms with Crippen molar-refractivity contribution in [1.29, 1.82) is 0 Å². The second-order valence-electron chi connectivity index (χ2n) is 10.5. The number of sulfonamides is 1. The highest BCUT2D eigenvalue weighted by molar-refractivity contribution is 7.89. The zero-order valence-corrected chi connectivity index (χ0v) is 24.9. The van der Waals surface area contributed by atoms with Gasteiger partial charge in [0.25, 0.3) is 5.91 Å².